The number of aryl methyl sites for hydroxylation is 1. The van der Waals surface area contributed by atoms with E-state index < -0.39 is 0 Å². The molecule has 2 heterocycles. The van der Waals surface area contributed by atoms with Gasteiger partial charge >= 0.3 is 0 Å². The second-order valence-electron chi connectivity index (χ2n) is 8.92. The summed E-state index contributed by atoms with van der Waals surface area (Å²) < 4.78 is 12.4. The summed E-state index contributed by atoms with van der Waals surface area (Å²) in [5.74, 6) is 1.35. The molecular weight excluding hydrogens is 482 g/mol. The first-order valence-electron chi connectivity index (χ1n) is 11.5. The highest BCUT2D eigenvalue weighted by Crippen LogP contribution is 2.36. The van der Waals surface area contributed by atoms with Crippen molar-refractivity contribution in [2.75, 3.05) is 37.7 Å². The van der Waals surface area contributed by atoms with E-state index in [9.17, 15) is 4.79 Å². The predicted octanol–water partition coefficient (Wildman–Crippen LogP) is 5.30. The normalized spacial score (nSPS) is 16.1. The fraction of sp³-hybridized carbons (Fsp3) is 0.385. The summed E-state index contributed by atoms with van der Waals surface area (Å²) in [6, 6.07) is 15.9. The average Bonchev–Trinajstić information content (AvgIpc) is 3.55. The number of ether oxygens (including phenoxy) is 1. The molecule has 33 heavy (non-hydrogen) atoms. The van der Waals surface area contributed by atoms with Crippen molar-refractivity contribution >= 4 is 27.7 Å². The van der Waals surface area contributed by atoms with E-state index in [0.717, 1.165) is 52.4 Å². The van der Waals surface area contributed by atoms with Gasteiger partial charge in [0.25, 0.3) is 5.91 Å². The molecule has 1 aliphatic carbocycles. The van der Waals surface area contributed by atoms with Crippen LogP contribution < -0.4 is 4.90 Å². The Morgan fingerprint density at radius 2 is 1.94 bits per heavy atom. The molecule has 1 amide bonds. The fourth-order valence-corrected chi connectivity index (χ4v) is 4.70. The van der Waals surface area contributed by atoms with Crippen molar-refractivity contribution in [2.45, 2.75) is 26.3 Å². The van der Waals surface area contributed by atoms with Crippen LogP contribution in [-0.2, 0) is 11.3 Å². The lowest BCUT2D eigenvalue weighted by Crippen LogP contribution is -2.37. The number of carbonyl (C=O) groups excluding carboxylic acids is 1. The van der Waals surface area contributed by atoms with Gasteiger partial charge in [-0.3, -0.25) is 4.79 Å². The van der Waals surface area contributed by atoms with Gasteiger partial charge < -0.3 is 19.1 Å². The molecule has 0 radical (unpaired) electrons. The number of amides is 1. The number of anilines is 1. The zero-order chi connectivity index (χ0) is 22.8. The maximum atomic E-state index is 13.6. The molecule has 0 unspecified atom stereocenters. The average molecular weight is 510 g/mol. The Bertz CT molecular complexity index is 1140. The molecule has 0 spiro atoms. The van der Waals surface area contributed by atoms with Crippen LogP contribution in [0.1, 0.15) is 34.3 Å². The molecule has 172 valence electrons. The van der Waals surface area contributed by atoms with Crippen molar-refractivity contribution in [3.8, 4) is 11.3 Å². The predicted molar refractivity (Wildman–Crippen MR) is 131 cm³/mol. The molecule has 2 aromatic carbocycles. The van der Waals surface area contributed by atoms with Crippen LogP contribution in [-0.4, -0.2) is 48.8 Å². The summed E-state index contributed by atoms with van der Waals surface area (Å²) in [7, 11) is 0. The zero-order valence-electron chi connectivity index (χ0n) is 18.8. The Morgan fingerprint density at radius 3 is 2.67 bits per heavy atom. The molecule has 2 fully saturated rings. The zero-order valence-corrected chi connectivity index (χ0v) is 20.4. The van der Waals surface area contributed by atoms with E-state index in [-0.39, 0.29) is 5.91 Å². The third-order valence-electron chi connectivity index (χ3n) is 6.24. The van der Waals surface area contributed by atoms with Crippen LogP contribution in [0.3, 0.4) is 0 Å². The van der Waals surface area contributed by atoms with Crippen LogP contribution in [0, 0.1) is 12.8 Å². The molecule has 3 aromatic rings. The Labute approximate surface area is 202 Å². The molecular formula is C26H28BrN3O3. The molecule has 1 saturated carbocycles. The summed E-state index contributed by atoms with van der Waals surface area (Å²) in [4.78, 5) is 17.7. The molecule has 5 rings (SSSR count). The molecule has 1 aromatic heterocycles. The van der Waals surface area contributed by atoms with Gasteiger partial charge in [-0.05, 0) is 49.9 Å². The molecule has 0 bridgehead atoms. The van der Waals surface area contributed by atoms with Gasteiger partial charge in [0.15, 0.2) is 0 Å². The number of aromatic nitrogens is 1. The van der Waals surface area contributed by atoms with Crippen LogP contribution in [0.2, 0.25) is 0 Å². The van der Waals surface area contributed by atoms with Crippen molar-refractivity contribution in [3.63, 3.8) is 0 Å². The van der Waals surface area contributed by atoms with Crippen LogP contribution in [0.15, 0.2) is 57.5 Å². The minimum Gasteiger partial charge on any atom is -0.378 e. The number of rotatable bonds is 7. The molecule has 6 nitrogen and oxygen atoms in total. The minimum atomic E-state index is 0.0347. The van der Waals surface area contributed by atoms with Crippen molar-refractivity contribution in [3.05, 3.63) is 69.7 Å². The van der Waals surface area contributed by atoms with Crippen molar-refractivity contribution in [1.82, 2.24) is 10.1 Å². The first kappa shape index (κ1) is 22.2. The molecule has 0 N–H and O–H groups in total. The second-order valence-corrected chi connectivity index (χ2v) is 9.84. The van der Waals surface area contributed by atoms with Gasteiger partial charge in [0.2, 0.25) is 5.88 Å². The lowest BCUT2D eigenvalue weighted by atomic mass is 10.0. The highest BCUT2D eigenvalue weighted by Gasteiger charge is 2.31. The van der Waals surface area contributed by atoms with E-state index in [4.69, 9.17) is 9.26 Å². The topological polar surface area (TPSA) is 58.8 Å². The van der Waals surface area contributed by atoms with Gasteiger partial charge in [0.05, 0.1) is 25.3 Å². The van der Waals surface area contributed by atoms with Crippen LogP contribution in [0.25, 0.3) is 11.3 Å². The van der Waals surface area contributed by atoms with E-state index in [1.165, 1.54) is 12.8 Å². The highest BCUT2D eigenvalue weighted by atomic mass is 79.9. The lowest BCUT2D eigenvalue weighted by Gasteiger charge is -2.28. The first-order chi connectivity index (χ1) is 16.1. The number of carbonyl (C=O) groups is 1. The number of hydrogen-bond acceptors (Lipinski definition) is 5. The van der Waals surface area contributed by atoms with E-state index >= 15 is 0 Å². The first-order valence-corrected chi connectivity index (χ1v) is 12.3. The van der Waals surface area contributed by atoms with E-state index in [2.05, 4.69) is 51.1 Å². The van der Waals surface area contributed by atoms with Crippen molar-refractivity contribution < 1.29 is 14.1 Å². The molecule has 2 aliphatic rings. The SMILES string of the molecule is Cc1cccc(-c2noc(N3CCOCC3)c2CN(CC2CC2)C(=O)c2cccc(Br)c2)c1. The smallest absolute Gasteiger partial charge is 0.254 e. The Hall–Kier alpha value is -2.64. The largest absolute Gasteiger partial charge is 0.378 e. The van der Waals surface area contributed by atoms with Crippen LogP contribution in [0.4, 0.5) is 5.88 Å². The summed E-state index contributed by atoms with van der Waals surface area (Å²) in [5.41, 5.74) is 4.63. The number of benzene rings is 2. The molecule has 1 aliphatic heterocycles. The highest BCUT2D eigenvalue weighted by molar-refractivity contribution is 9.10. The Morgan fingerprint density at radius 1 is 1.15 bits per heavy atom. The van der Waals surface area contributed by atoms with E-state index in [1.54, 1.807) is 0 Å². The van der Waals surface area contributed by atoms with Crippen molar-refractivity contribution in [2.24, 2.45) is 5.92 Å². The van der Waals surface area contributed by atoms with Gasteiger partial charge in [0, 0.05) is 35.2 Å². The van der Waals surface area contributed by atoms with E-state index in [0.29, 0.717) is 31.2 Å². The van der Waals surface area contributed by atoms with Gasteiger partial charge in [-0.1, -0.05) is 50.9 Å². The quantitative estimate of drug-likeness (QED) is 0.432. The Balaban J connectivity index is 1.53. The maximum Gasteiger partial charge on any atom is 0.254 e. The number of hydrogen-bond donors (Lipinski definition) is 0. The van der Waals surface area contributed by atoms with E-state index in [1.807, 2.05) is 35.2 Å². The standard InChI is InChI=1S/C26H28BrN3O3/c1-18-4-2-5-20(14-18)24-23(26(33-28-24)29-10-12-32-13-11-29)17-30(16-19-8-9-19)25(31)21-6-3-7-22(27)15-21/h2-7,14-15,19H,8-13,16-17H2,1H3. The number of nitrogens with zero attached hydrogens (tertiary/aromatic N) is 3. The third kappa shape index (κ3) is 5.14. The second kappa shape index (κ2) is 9.69. The number of morpholine rings is 1. The summed E-state index contributed by atoms with van der Waals surface area (Å²) in [6.45, 7) is 6.08. The maximum absolute atomic E-state index is 13.6. The van der Waals surface area contributed by atoms with Gasteiger partial charge in [-0.2, -0.15) is 0 Å². The van der Waals surface area contributed by atoms with Gasteiger partial charge in [-0.15, -0.1) is 0 Å². The molecule has 0 atom stereocenters. The third-order valence-corrected chi connectivity index (χ3v) is 6.73. The molecule has 7 heteroatoms. The van der Waals surface area contributed by atoms with Gasteiger partial charge in [-0.25, -0.2) is 0 Å². The minimum absolute atomic E-state index is 0.0347. The Kier molecular flexibility index (Phi) is 6.51. The summed E-state index contributed by atoms with van der Waals surface area (Å²) in [5, 5.41) is 4.49. The summed E-state index contributed by atoms with van der Waals surface area (Å²) >= 11 is 3.50. The van der Waals surface area contributed by atoms with Gasteiger partial charge in [0.1, 0.15) is 5.69 Å². The van der Waals surface area contributed by atoms with Crippen LogP contribution in [0.5, 0.6) is 0 Å². The fourth-order valence-electron chi connectivity index (χ4n) is 4.30. The lowest BCUT2D eigenvalue weighted by molar-refractivity contribution is 0.0734. The summed E-state index contributed by atoms with van der Waals surface area (Å²) in [6.07, 6.45) is 2.35. The monoisotopic (exact) mass is 509 g/mol. The number of halogens is 1. The van der Waals surface area contributed by atoms with Crippen LogP contribution >= 0.6 is 15.9 Å². The van der Waals surface area contributed by atoms with Crippen molar-refractivity contribution in [1.29, 1.82) is 0 Å². The molecule has 1 saturated heterocycles.